The first-order valence-corrected chi connectivity index (χ1v) is 9.87. The van der Waals surface area contributed by atoms with Gasteiger partial charge in [-0.15, -0.1) is 0 Å². The third-order valence-electron chi connectivity index (χ3n) is 5.29. The van der Waals surface area contributed by atoms with Gasteiger partial charge in [-0.1, -0.05) is 30.3 Å². The fourth-order valence-electron chi connectivity index (χ4n) is 3.35. The summed E-state index contributed by atoms with van der Waals surface area (Å²) in [4.78, 5) is 39.5. The molecule has 0 radical (unpaired) electrons. The minimum atomic E-state index is -0.495. The van der Waals surface area contributed by atoms with E-state index in [4.69, 9.17) is 9.15 Å². The zero-order chi connectivity index (χ0) is 22.7. The Morgan fingerprint density at radius 1 is 0.903 bits per heavy atom. The van der Waals surface area contributed by atoms with Crippen molar-refractivity contribution < 1.29 is 23.5 Å². The van der Waals surface area contributed by atoms with Crippen LogP contribution in [0, 0.1) is 20.8 Å². The first kappa shape index (κ1) is 22.0. The number of carbonyl (C=O) groups excluding carboxylic acids is 3. The Morgan fingerprint density at radius 3 is 2.23 bits per heavy atom. The van der Waals surface area contributed by atoms with Gasteiger partial charge in [-0.3, -0.25) is 9.59 Å². The summed E-state index contributed by atoms with van der Waals surface area (Å²) < 4.78 is 10.3. The van der Waals surface area contributed by atoms with Gasteiger partial charge < -0.3 is 14.1 Å². The number of nitrogens with zero attached hydrogens (tertiary/aromatic N) is 1. The van der Waals surface area contributed by atoms with Gasteiger partial charge in [0.25, 0.3) is 5.91 Å². The smallest absolute Gasteiger partial charge is 0.341 e. The molecule has 0 unspecified atom stereocenters. The molecule has 0 N–H and O–H groups in total. The summed E-state index contributed by atoms with van der Waals surface area (Å²) in [5.41, 5.74) is 3.62. The maximum Gasteiger partial charge on any atom is 0.341 e. The standard InChI is InChI=1S/C25H25NO5/c1-15-10-11-18(12-16(15)2)23(27)20-8-6-7-9-21(20)24(28)26(4)14-19-13-22(17(3)31-19)25(29)30-5/h6-13H,14H2,1-5H3. The van der Waals surface area contributed by atoms with E-state index in [1.807, 2.05) is 26.0 Å². The monoisotopic (exact) mass is 419 g/mol. The molecule has 0 saturated carbocycles. The van der Waals surface area contributed by atoms with Crippen molar-refractivity contribution in [3.05, 3.63) is 93.4 Å². The lowest BCUT2D eigenvalue weighted by atomic mass is 9.95. The van der Waals surface area contributed by atoms with Crippen LogP contribution in [0.3, 0.4) is 0 Å². The maximum atomic E-state index is 13.1. The average Bonchev–Trinajstić information content (AvgIpc) is 3.13. The molecule has 0 bridgehead atoms. The van der Waals surface area contributed by atoms with Crippen LogP contribution in [0.5, 0.6) is 0 Å². The lowest BCUT2D eigenvalue weighted by Gasteiger charge is -2.18. The van der Waals surface area contributed by atoms with Crippen molar-refractivity contribution in [2.45, 2.75) is 27.3 Å². The number of hydrogen-bond acceptors (Lipinski definition) is 5. The number of amides is 1. The molecule has 0 atom stereocenters. The fraction of sp³-hybridized carbons (Fsp3) is 0.240. The van der Waals surface area contributed by atoms with Crippen molar-refractivity contribution in [3.8, 4) is 0 Å². The van der Waals surface area contributed by atoms with E-state index in [2.05, 4.69) is 0 Å². The van der Waals surface area contributed by atoms with Gasteiger partial charge in [0, 0.05) is 18.2 Å². The molecule has 3 aromatic rings. The van der Waals surface area contributed by atoms with Crippen LogP contribution in [0.4, 0.5) is 0 Å². The number of carbonyl (C=O) groups is 3. The molecule has 6 heteroatoms. The Hall–Kier alpha value is -3.67. The van der Waals surface area contributed by atoms with Crippen molar-refractivity contribution in [2.75, 3.05) is 14.2 Å². The Labute approximate surface area is 181 Å². The molecule has 1 aromatic heterocycles. The van der Waals surface area contributed by atoms with Crippen LogP contribution in [0.25, 0.3) is 0 Å². The minimum Gasteiger partial charge on any atom is -0.465 e. The second kappa shape index (κ2) is 9.00. The Bertz CT molecular complexity index is 1160. The van der Waals surface area contributed by atoms with E-state index in [-0.39, 0.29) is 18.2 Å². The quantitative estimate of drug-likeness (QED) is 0.434. The molecule has 0 saturated heterocycles. The topological polar surface area (TPSA) is 76.8 Å². The maximum absolute atomic E-state index is 13.1. The van der Waals surface area contributed by atoms with Gasteiger partial charge in [0.2, 0.25) is 0 Å². The van der Waals surface area contributed by atoms with Crippen molar-refractivity contribution >= 4 is 17.7 Å². The fourth-order valence-corrected chi connectivity index (χ4v) is 3.35. The molecule has 0 spiro atoms. The molecular weight excluding hydrogens is 394 g/mol. The number of aryl methyl sites for hydroxylation is 3. The summed E-state index contributed by atoms with van der Waals surface area (Å²) in [5.74, 6) is -0.144. The highest BCUT2D eigenvalue weighted by molar-refractivity contribution is 6.15. The molecule has 0 fully saturated rings. The van der Waals surface area contributed by atoms with Gasteiger partial charge >= 0.3 is 5.97 Å². The number of methoxy groups -OCH3 is 1. The summed E-state index contributed by atoms with van der Waals surface area (Å²) in [6, 6.07) is 13.8. The highest BCUT2D eigenvalue weighted by atomic mass is 16.5. The van der Waals surface area contributed by atoms with E-state index >= 15 is 0 Å². The molecule has 31 heavy (non-hydrogen) atoms. The van der Waals surface area contributed by atoms with Crippen LogP contribution in [-0.4, -0.2) is 36.7 Å². The van der Waals surface area contributed by atoms with Crippen LogP contribution in [-0.2, 0) is 11.3 Å². The van der Waals surface area contributed by atoms with Crippen LogP contribution in [0.15, 0.2) is 52.9 Å². The van der Waals surface area contributed by atoms with Gasteiger partial charge in [-0.25, -0.2) is 4.79 Å². The number of rotatable bonds is 6. The molecule has 1 heterocycles. The molecule has 1 amide bonds. The van der Waals surface area contributed by atoms with Gasteiger partial charge in [0.05, 0.1) is 19.2 Å². The number of ketones is 1. The number of esters is 1. The number of ether oxygens (including phenoxy) is 1. The molecule has 2 aromatic carbocycles. The first-order valence-electron chi connectivity index (χ1n) is 9.87. The van der Waals surface area contributed by atoms with Crippen LogP contribution >= 0.6 is 0 Å². The highest BCUT2D eigenvalue weighted by Gasteiger charge is 2.23. The summed E-state index contributed by atoms with van der Waals surface area (Å²) in [7, 11) is 2.92. The largest absolute Gasteiger partial charge is 0.465 e. The van der Waals surface area contributed by atoms with Gasteiger partial charge in [-0.2, -0.15) is 0 Å². The Kier molecular flexibility index (Phi) is 6.39. The number of benzene rings is 2. The summed E-state index contributed by atoms with van der Waals surface area (Å²) >= 11 is 0. The molecule has 0 aliphatic heterocycles. The molecular formula is C25H25NO5. The molecule has 3 rings (SSSR count). The van der Waals surface area contributed by atoms with Crippen LogP contribution in [0.2, 0.25) is 0 Å². The second-order valence-corrected chi connectivity index (χ2v) is 7.51. The summed E-state index contributed by atoms with van der Waals surface area (Å²) in [6.45, 7) is 5.74. The number of hydrogen-bond donors (Lipinski definition) is 0. The summed E-state index contributed by atoms with van der Waals surface area (Å²) in [6.07, 6.45) is 0. The SMILES string of the molecule is COC(=O)c1cc(CN(C)C(=O)c2ccccc2C(=O)c2ccc(C)c(C)c2)oc1C. The minimum absolute atomic E-state index is 0.142. The van der Waals surface area contributed by atoms with E-state index < -0.39 is 5.97 Å². The van der Waals surface area contributed by atoms with E-state index in [0.717, 1.165) is 11.1 Å². The zero-order valence-corrected chi connectivity index (χ0v) is 18.3. The number of furan rings is 1. The van der Waals surface area contributed by atoms with Gasteiger partial charge in [-0.05, 0) is 50.1 Å². The Balaban J connectivity index is 1.86. The summed E-state index contributed by atoms with van der Waals surface area (Å²) in [5, 5.41) is 0. The Morgan fingerprint density at radius 2 is 1.58 bits per heavy atom. The molecule has 0 aliphatic carbocycles. The zero-order valence-electron chi connectivity index (χ0n) is 18.3. The first-order chi connectivity index (χ1) is 14.7. The van der Waals surface area contributed by atoms with E-state index in [9.17, 15) is 14.4 Å². The van der Waals surface area contributed by atoms with E-state index in [1.54, 1.807) is 50.4 Å². The molecule has 6 nitrogen and oxygen atoms in total. The third kappa shape index (κ3) is 4.58. The predicted octanol–water partition coefficient (Wildman–Crippen LogP) is 4.49. The van der Waals surface area contributed by atoms with Gasteiger partial charge in [0.15, 0.2) is 5.78 Å². The van der Waals surface area contributed by atoms with Crippen LogP contribution < -0.4 is 0 Å². The van der Waals surface area contributed by atoms with Crippen molar-refractivity contribution in [1.29, 1.82) is 0 Å². The lowest BCUT2D eigenvalue weighted by molar-refractivity contribution is 0.0598. The van der Waals surface area contributed by atoms with E-state index in [1.165, 1.54) is 12.0 Å². The third-order valence-corrected chi connectivity index (χ3v) is 5.29. The predicted molar refractivity (Wildman–Crippen MR) is 116 cm³/mol. The molecule has 0 aliphatic rings. The molecule has 160 valence electrons. The highest BCUT2D eigenvalue weighted by Crippen LogP contribution is 2.21. The second-order valence-electron chi connectivity index (χ2n) is 7.51. The normalized spacial score (nSPS) is 10.6. The van der Waals surface area contributed by atoms with Crippen molar-refractivity contribution in [1.82, 2.24) is 4.90 Å². The van der Waals surface area contributed by atoms with Crippen LogP contribution in [0.1, 0.15) is 59.3 Å². The van der Waals surface area contributed by atoms with Crippen molar-refractivity contribution in [3.63, 3.8) is 0 Å². The average molecular weight is 419 g/mol. The van der Waals surface area contributed by atoms with Gasteiger partial charge in [0.1, 0.15) is 17.1 Å². The van der Waals surface area contributed by atoms with Crippen molar-refractivity contribution in [2.24, 2.45) is 0 Å². The lowest BCUT2D eigenvalue weighted by Crippen LogP contribution is -2.27. The van der Waals surface area contributed by atoms with E-state index in [0.29, 0.717) is 33.8 Å².